The first-order valence-corrected chi connectivity index (χ1v) is 9.32. The van der Waals surface area contributed by atoms with Crippen LogP contribution in [0.25, 0.3) is 0 Å². The van der Waals surface area contributed by atoms with E-state index in [0.29, 0.717) is 6.54 Å². The largest absolute Gasteiger partial charge is 0.244 e. The smallest absolute Gasteiger partial charge is 0.242 e. The van der Waals surface area contributed by atoms with Gasteiger partial charge in [0.2, 0.25) is 10.0 Å². The number of nitrogens with one attached hydrogen (secondary N) is 1. The number of hydrogen-bond donors (Lipinski definition) is 1. The highest BCUT2D eigenvalue weighted by molar-refractivity contribution is 7.98. The minimum Gasteiger partial charge on any atom is -0.244 e. The van der Waals surface area contributed by atoms with Gasteiger partial charge in [0, 0.05) is 12.7 Å². The molecule has 0 atom stereocenters. The van der Waals surface area contributed by atoms with Gasteiger partial charge in [-0.2, -0.15) is 17.0 Å². The average Bonchev–Trinajstić information content (AvgIpc) is 2.46. The van der Waals surface area contributed by atoms with Crippen molar-refractivity contribution in [2.75, 3.05) is 18.6 Å². The van der Waals surface area contributed by atoms with Crippen LogP contribution in [0.1, 0.15) is 31.4 Å². The Morgan fingerprint density at radius 3 is 2.65 bits per heavy atom. The molecule has 0 aromatic carbocycles. The lowest BCUT2D eigenvalue weighted by Gasteiger charge is -2.06. The van der Waals surface area contributed by atoms with Gasteiger partial charge in [-0.15, -0.1) is 0 Å². The fraction of sp³-hybridized carbons (Fsp3) is 0.538. The summed E-state index contributed by atoms with van der Waals surface area (Å²) in [7, 11) is -3.51. The van der Waals surface area contributed by atoms with Gasteiger partial charge in [-0.05, 0) is 37.0 Å². The molecule has 0 saturated heterocycles. The van der Waals surface area contributed by atoms with E-state index < -0.39 is 10.0 Å². The highest BCUT2D eigenvalue weighted by Crippen LogP contribution is 2.08. The van der Waals surface area contributed by atoms with Crippen molar-refractivity contribution in [3.05, 3.63) is 24.0 Å². The first kappa shape index (κ1) is 17.0. The molecule has 110 valence electrons. The van der Waals surface area contributed by atoms with Crippen LogP contribution in [0, 0.1) is 11.3 Å². The van der Waals surface area contributed by atoms with E-state index >= 15 is 0 Å². The third-order valence-electron chi connectivity index (χ3n) is 2.73. The van der Waals surface area contributed by atoms with Crippen LogP contribution in [-0.2, 0) is 10.0 Å². The molecule has 1 rings (SSSR count). The molecule has 7 heteroatoms. The van der Waals surface area contributed by atoms with Crippen LogP contribution in [0.15, 0.2) is 23.2 Å². The van der Waals surface area contributed by atoms with Crippen molar-refractivity contribution in [2.45, 2.75) is 30.6 Å². The molecule has 0 radical (unpaired) electrons. The van der Waals surface area contributed by atoms with Gasteiger partial charge in [0.1, 0.15) is 16.7 Å². The summed E-state index contributed by atoms with van der Waals surface area (Å²) in [5.74, 6) is 1.16. The van der Waals surface area contributed by atoms with Crippen LogP contribution in [0.2, 0.25) is 0 Å². The van der Waals surface area contributed by atoms with E-state index in [9.17, 15) is 8.42 Å². The number of unbranched alkanes of at least 4 members (excludes halogenated alkanes) is 3. The van der Waals surface area contributed by atoms with Crippen molar-refractivity contribution in [2.24, 2.45) is 0 Å². The Morgan fingerprint density at radius 1 is 1.30 bits per heavy atom. The number of aromatic nitrogens is 1. The van der Waals surface area contributed by atoms with E-state index in [1.165, 1.54) is 24.8 Å². The Hall–Kier alpha value is -1.10. The minimum absolute atomic E-state index is 0.0962. The molecule has 0 fully saturated rings. The summed E-state index contributed by atoms with van der Waals surface area (Å²) in [6, 6.07) is 4.65. The summed E-state index contributed by atoms with van der Waals surface area (Å²) in [5, 5.41) is 8.61. The zero-order valence-corrected chi connectivity index (χ0v) is 13.1. The average molecular weight is 313 g/mol. The highest BCUT2D eigenvalue weighted by atomic mass is 32.2. The maximum absolute atomic E-state index is 11.9. The summed E-state index contributed by atoms with van der Waals surface area (Å²) in [4.78, 5) is 3.86. The van der Waals surface area contributed by atoms with Gasteiger partial charge in [0.15, 0.2) is 0 Å². The number of hydrogen-bond acceptors (Lipinski definition) is 5. The predicted molar refractivity (Wildman–Crippen MR) is 81.0 cm³/mol. The molecule has 0 unspecified atom stereocenters. The third-order valence-corrected chi connectivity index (χ3v) is 4.87. The monoisotopic (exact) mass is 313 g/mol. The topological polar surface area (TPSA) is 82.9 Å². The number of sulfonamides is 1. The number of pyridine rings is 1. The Kier molecular flexibility index (Phi) is 7.59. The molecule has 0 spiro atoms. The molecular formula is C13H19N3O2S2. The van der Waals surface area contributed by atoms with Crippen molar-refractivity contribution < 1.29 is 8.42 Å². The fourth-order valence-electron chi connectivity index (χ4n) is 1.62. The fourth-order valence-corrected chi connectivity index (χ4v) is 3.13. The summed E-state index contributed by atoms with van der Waals surface area (Å²) in [6.45, 7) is 0.432. The van der Waals surface area contributed by atoms with Crippen molar-refractivity contribution in [3.8, 4) is 6.07 Å². The molecular weight excluding hydrogens is 294 g/mol. The highest BCUT2D eigenvalue weighted by Gasteiger charge is 2.13. The van der Waals surface area contributed by atoms with E-state index in [2.05, 4.69) is 16.0 Å². The van der Waals surface area contributed by atoms with E-state index in [1.54, 1.807) is 0 Å². The second-order valence-corrected chi connectivity index (χ2v) is 7.05. The van der Waals surface area contributed by atoms with Crippen LogP contribution in [0.4, 0.5) is 0 Å². The Morgan fingerprint density at radius 2 is 2.05 bits per heavy atom. The number of rotatable bonds is 9. The molecule has 20 heavy (non-hydrogen) atoms. The molecule has 0 aliphatic rings. The summed E-state index contributed by atoms with van der Waals surface area (Å²) in [5.41, 5.74) is 0.206. The van der Waals surface area contributed by atoms with Crippen LogP contribution in [0.3, 0.4) is 0 Å². The third kappa shape index (κ3) is 5.90. The first-order valence-electron chi connectivity index (χ1n) is 6.45. The molecule has 1 N–H and O–H groups in total. The van der Waals surface area contributed by atoms with E-state index in [1.807, 2.05) is 17.8 Å². The molecule has 0 aliphatic heterocycles. The number of nitriles is 1. The van der Waals surface area contributed by atoms with Crippen LogP contribution in [-0.4, -0.2) is 32.0 Å². The van der Waals surface area contributed by atoms with Gasteiger partial charge < -0.3 is 0 Å². The molecule has 1 aromatic heterocycles. The summed E-state index contributed by atoms with van der Waals surface area (Å²) >= 11 is 1.83. The van der Waals surface area contributed by atoms with Gasteiger partial charge in [-0.25, -0.2) is 18.1 Å². The van der Waals surface area contributed by atoms with Crippen LogP contribution in [0.5, 0.6) is 0 Å². The molecule has 0 bridgehead atoms. The molecule has 0 amide bonds. The maximum Gasteiger partial charge on any atom is 0.242 e. The van der Waals surface area contributed by atoms with Gasteiger partial charge in [-0.3, -0.25) is 0 Å². The van der Waals surface area contributed by atoms with Gasteiger partial charge in [-0.1, -0.05) is 12.8 Å². The van der Waals surface area contributed by atoms with Gasteiger partial charge in [0.05, 0.1) is 0 Å². The first-order chi connectivity index (χ1) is 9.60. The van der Waals surface area contributed by atoms with Crippen molar-refractivity contribution >= 4 is 21.8 Å². The standard InChI is InChI=1S/C13H19N3O2S2/c1-19-9-5-3-2-4-8-16-20(17,18)13-7-6-12(10-14)15-11-13/h6-7,11,16H,2-5,8-9H2,1H3. The number of nitrogens with zero attached hydrogens (tertiary/aromatic N) is 2. The van der Waals surface area contributed by atoms with E-state index in [4.69, 9.17) is 5.26 Å². The maximum atomic E-state index is 11.9. The zero-order valence-electron chi connectivity index (χ0n) is 11.5. The normalized spacial score (nSPS) is 11.2. The van der Waals surface area contributed by atoms with Crippen LogP contribution < -0.4 is 4.72 Å². The van der Waals surface area contributed by atoms with Crippen molar-refractivity contribution in [3.63, 3.8) is 0 Å². The Balaban J connectivity index is 2.36. The molecule has 1 heterocycles. The van der Waals surface area contributed by atoms with Crippen molar-refractivity contribution in [1.82, 2.24) is 9.71 Å². The summed E-state index contributed by atoms with van der Waals surface area (Å²) in [6.07, 6.45) is 7.44. The molecule has 0 aliphatic carbocycles. The quantitative estimate of drug-likeness (QED) is 0.706. The minimum atomic E-state index is -3.51. The van der Waals surface area contributed by atoms with Gasteiger partial charge in [0.25, 0.3) is 0 Å². The zero-order chi connectivity index (χ0) is 14.8. The second-order valence-electron chi connectivity index (χ2n) is 4.30. The lowest BCUT2D eigenvalue weighted by atomic mass is 10.2. The lowest BCUT2D eigenvalue weighted by Crippen LogP contribution is -2.24. The van der Waals surface area contributed by atoms with E-state index in [0.717, 1.165) is 25.0 Å². The van der Waals surface area contributed by atoms with Crippen molar-refractivity contribution in [1.29, 1.82) is 5.26 Å². The Labute approximate surface area is 124 Å². The SMILES string of the molecule is CSCCCCCCNS(=O)(=O)c1ccc(C#N)nc1. The van der Waals surface area contributed by atoms with Gasteiger partial charge >= 0.3 is 0 Å². The molecule has 5 nitrogen and oxygen atoms in total. The lowest BCUT2D eigenvalue weighted by molar-refractivity contribution is 0.573. The second kappa shape index (κ2) is 8.95. The van der Waals surface area contributed by atoms with Crippen LogP contribution >= 0.6 is 11.8 Å². The summed E-state index contributed by atoms with van der Waals surface area (Å²) < 4.78 is 26.4. The molecule has 1 aromatic rings. The predicted octanol–water partition coefficient (Wildman–Crippen LogP) is 2.15. The van der Waals surface area contributed by atoms with E-state index in [-0.39, 0.29) is 10.6 Å². The Bertz CT molecular complexity index is 536. The molecule has 0 saturated carbocycles. The number of thioether (sulfide) groups is 1.